The van der Waals surface area contributed by atoms with Crippen LogP contribution in [0, 0.1) is 5.82 Å². The number of aromatic nitrogens is 2. The lowest BCUT2D eigenvalue weighted by molar-refractivity contribution is 0.128. The molecule has 1 rings (SSSR count). The fourth-order valence-corrected chi connectivity index (χ4v) is 0.721. The van der Waals surface area contributed by atoms with Gasteiger partial charge in [0.2, 0.25) is 0 Å². The van der Waals surface area contributed by atoms with Crippen LogP contribution in [0.2, 0.25) is 0 Å². The molecule has 1 aromatic heterocycles. The van der Waals surface area contributed by atoms with Crippen LogP contribution in [0.5, 0.6) is 0 Å². The Bertz CT molecular complexity index is 267. The first-order chi connectivity index (χ1) is 5.75. The highest BCUT2D eigenvalue weighted by Crippen LogP contribution is 2.09. The summed E-state index contributed by atoms with van der Waals surface area (Å²) >= 11 is 0. The van der Waals surface area contributed by atoms with Gasteiger partial charge in [-0.05, 0) is 6.92 Å². The topological polar surface area (TPSA) is 61.0 Å². The summed E-state index contributed by atoms with van der Waals surface area (Å²) in [5, 5.41) is 0. The molecule has 0 spiro atoms. The quantitative estimate of drug-likeness (QED) is 0.728. The van der Waals surface area contributed by atoms with Crippen molar-refractivity contribution in [3.05, 3.63) is 17.8 Å². The smallest absolute Gasteiger partial charge is 0.189 e. The third-order valence-electron chi connectivity index (χ3n) is 1.33. The normalized spacial score (nSPS) is 10.2. The van der Waals surface area contributed by atoms with Gasteiger partial charge in [0.15, 0.2) is 11.6 Å². The van der Waals surface area contributed by atoms with Gasteiger partial charge in [-0.25, -0.2) is 14.4 Å². The van der Waals surface area contributed by atoms with Gasteiger partial charge in [-0.15, -0.1) is 0 Å². The lowest BCUT2D eigenvalue weighted by Gasteiger charge is -2.02. The number of anilines is 1. The molecule has 0 aliphatic rings. The number of nitrogens with two attached hydrogens (primary N) is 1. The van der Waals surface area contributed by atoms with Crippen molar-refractivity contribution in [3.8, 4) is 0 Å². The number of hydrogen-bond acceptors (Lipinski definition) is 4. The highest BCUT2D eigenvalue weighted by Gasteiger charge is 2.07. The minimum atomic E-state index is -0.592. The average Bonchev–Trinajstić information content (AvgIpc) is 2.08. The van der Waals surface area contributed by atoms with E-state index in [0.717, 1.165) is 0 Å². The molecule has 0 radical (unpaired) electrons. The Morgan fingerprint density at radius 2 is 2.33 bits per heavy atom. The van der Waals surface area contributed by atoms with Crippen LogP contribution in [-0.2, 0) is 11.3 Å². The second kappa shape index (κ2) is 3.96. The maximum Gasteiger partial charge on any atom is 0.189 e. The number of nitrogen functional groups attached to an aromatic ring is 1. The summed E-state index contributed by atoms with van der Waals surface area (Å²) in [5.74, 6) is -0.731. The van der Waals surface area contributed by atoms with E-state index in [0.29, 0.717) is 6.61 Å². The molecular formula is C7H10FN3O. The number of nitrogens with zero attached hydrogens (tertiary/aromatic N) is 2. The van der Waals surface area contributed by atoms with Gasteiger partial charge in [0.05, 0.1) is 6.61 Å². The van der Waals surface area contributed by atoms with Crippen molar-refractivity contribution < 1.29 is 9.13 Å². The third kappa shape index (κ3) is 1.88. The lowest BCUT2D eigenvalue weighted by atomic mass is 10.4. The van der Waals surface area contributed by atoms with Gasteiger partial charge in [-0.1, -0.05) is 0 Å². The molecule has 66 valence electrons. The van der Waals surface area contributed by atoms with Crippen LogP contribution < -0.4 is 5.73 Å². The molecule has 0 atom stereocenters. The van der Waals surface area contributed by atoms with Gasteiger partial charge >= 0.3 is 0 Å². The van der Waals surface area contributed by atoms with Crippen molar-refractivity contribution in [1.29, 1.82) is 0 Å². The maximum absolute atomic E-state index is 13.0. The molecule has 0 saturated heterocycles. The van der Waals surface area contributed by atoms with E-state index < -0.39 is 5.82 Å². The van der Waals surface area contributed by atoms with Crippen LogP contribution in [0.4, 0.5) is 10.2 Å². The van der Waals surface area contributed by atoms with E-state index in [1.54, 1.807) is 0 Å². The van der Waals surface area contributed by atoms with Crippen molar-refractivity contribution in [3.63, 3.8) is 0 Å². The molecule has 0 aromatic carbocycles. The van der Waals surface area contributed by atoms with Crippen LogP contribution in [-0.4, -0.2) is 16.6 Å². The highest BCUT2D eigenvalue weighted by atomic mass is 19.1. The Labute approximate surface area is 69.6 Å². The summed E-state index contributed by atoms with van der Waals surface area (Å²) < 4.78 is 18.0. The standard InChI is InChI=1S/C7H10FN3O/c1-2-12-3-5-6(8)7(9)11-4-10-5/h4H,2-3H2,1H3,(H2,9,10,11). The van der Waals surface area contributed by atoms with Crippen molar-refractivity contribution in [1.82, 2.24) is 9.97 Å². The molecule has 1 heterocycles. The van der Waals surface area contributed by atoms with Crippen LogP contribution in [0.1, 0.15) is 12.6 Å². The molecule has 0 aliphatic carbocycles. The number of rotatable bonds is 3. The predicted octanol–water partition coefficient (Wildman–Crippen LogP) is 0.734. The maximum atomic E-state index is 13.0. The zero-order valence-electron chi connectivity index (χ0n) is 6.75. The molecule has 0 amide bonds. The molecule has 0 fully saturated rings. The van der Waals surface area contributed by atoms with Gasteiger partial charge in [-0.3, -0.25) is 0 Å². The van der Waals surface area contributed by atoms with Crippen molar-refractivity contribution in [2.45, 2.75) is 13.5 Å². The molecule has 5 heteroatoms. The fourth-order valence-electron chi connectivity index (χ4n) is 0.721. The molecule has 0 unspecified atom stereocenters. The molecule has 2 N–H and O–H groups in total. The van der Waals surface area contributed by atoms with E-state index in [1.807, 2.05) is 6.92 Å². The first-order valence-corrected chi connectivity index (χ1v) is 3.58. The van der Waals surface area contributed by atoms with Crippen molar-refractivity contribution >= 4 is 5.82 Å². The minimum absolute atomic E-state index is 0.134. The molecule has 0 bridgehead atoms. The summed E-state index contributed by atoms with van der Waals surface area (Å²) in [6.07, 6.45) is 1.22. The summed E-state index contributed by atoms with van der Waals surface area (Å²) in [6, 6.07) is 0. The lowest BCUT2D eigenvalue weighted by Crippen LogP contribution is -2.04. The van der Waals surface area contributed by atoms with Crippen LogP contribution in [0.15, 0.2) is 6.33 Å². The van der Waals surface area contributed by atoms with Crippen molar-refractivity contribution in [2.75, 3.05) is 12.3 Å². The second-order valence-electron chi connectivity index (χ2n) is 2.16. The largest absolute Gasteiger partial charge is 0.381 e. The Morgan fingerprint density at radius 3 is 3.00 bits per heavy atom. The van der Waals surface area contributed by atoms with Crippen LogP contribution in [0.3, 0.4) is 0 Å². The predicted molar refractivity (Wildman–Crippen MR) is 41.7 cm³/mol. The Morgan fingerprint density at radius 1 is 1.58 bits per heavy atom. The van der Waals surface area contributed by atoms with E-state index in [-0.39, 0.29) is 18.1 Å². The van der Waals surface area contributed by atoms with E-state index in [9.17, 15) is 4.39 Å². The van der Waals surface area contributed by atoms with E-state index in [4.69, 9.17) is 10.5 Å². The molecule has 0 saturated carbocycles. The Hall–Kier alpha value is -1.23. The SMILES string of the molecule is CCOCc1ncnc(N)c1F. The first-order valence-electron chi connectivity index (χ1n) is 3.58. The second-order valence-corrected chi connectivity index (χ2v) is 2.16. The van der Waals surface area contributed by atoms with Gasteiger partial charge < -0.3 is 10.5 Å². The zero-order valence-corrected chi connectivity index (χ0v) is 6.75. The minimum Gasteiger partial charge on any atom is -0.381 e. The van der Waals surface area contributed by atoms with Crippen molar-refractivity contribution in [2.24, 2.45) is 0 Å². The molecule has 4 nitrogen and oxygen atoms in total. The summed E-state index contributed by atoms with van der Waals surface area (Å²) in [5.41, 5.74) is 5.41. The molecule has 1 aromatic rings. The third-order valence-corrected chi connectivity index (χ3v) is 1.33. The Balaban J connectivity index is 2.78. The number of halogens is 1. The van der Waals surface area contributed by atoms with Crippen LogP contribution >= 0.6 is 0 Å². The van der Waals surface area contributed by atoms with Gasteiger partial charge in [0.25, 0.3) is 0 Å². The summed E-state index contributed by atoms with van der Waals surface area (Å²) in [4.78, 5) is 7.17. The fraction of sp³-hybridized carbons (Fsp3) is 0.429. The van der Waals surface area contributed by atoms with Gasteiger partial charge in [0, 0.05) is 6.61 Å². The number of hydrogen-bond donors (Lipinski definition) is 1. The molecular weight excluding hydrogens is 161 g/mol. The van der Waals surface area contributed by atoms with E-state index in [1.165, 1.54) is 6.33 Å². The summed E-state index contributed by atoms with van der Waals surface area (Å²) in [6.45, 7) is 2.47. The average molecular weight is 171 g/mol. The molecule has 12 heavy (non-hydrogen) atoms. The Kier molecular flexibility index (Phi) is 2.93. The first kappa shape index (κ1) is 8.86. The summed E-state index contributed by atoms with van der Waals surface area (Å²) in [7, 11) is 0. The van der Waals surface area contributed by atoms with E-state index in [2.05, 4.69) is 9.97 Å². The van der Waals surface area contributed by atoms with E-state index >= 15 is 0 Å². The number of ether oxygens (including phenoxy) is 1. The van der Waals surface area contributed by atoms with Gasteiger partial charge in [-0.2, -0.15) is 0 Å². The monoisotopic (exact) mass is 171 g/mol. The zero-order chi connectivity index (χ0) is 8.97. The highest BCUT2D eigenvalue weighted by molar-refractivity contribution is 5.30. The van der Waals surface area contributed by atoms with Gasteiger partial charge in [0.1, 0.15) is 12.0 Å². The van der Waals surface area contributed by atoms with Crippen LogP contribution in [0.25, 0.3) is 0 Å². The molecule has 0 aliphatic heterocycles.